The van der Waals surface area contributed by atoms with Gasteiger partial charge in [-0.3, -0.25) is 9.80 Å². The topological polar surface area (TPSA) is 52.7 Å². The van der Waals surface area contributed by atoms with Crippen LogP contribution in [0.15, 0.2) is 0 Å². The highest BCUT2D eigenvalue weighted by Crippen LogP contribution is 2.31. The van der Waals surface area contributed by atoms with Crippen LogP contribution in [0.25, 0.3) is 0 Å². The Kier molecular flexibility index (Phi) is 4.02. The maximum Gasteiger partial charge on any atom is 0.0611 e. The molecule has 18 heavy (non-hydrogen) atoms. The molecule has 0 spiro atoms. The molecule has 0 bridgehead atoms. The molecule has 0 amide bonds. The molecule has 4 nitrogen and oxygen atoms in total. The summed E-state index contributed by atoms with van der Waals surface area (Å²) in [7, 11) is 0. The Balaban J connectivity index is 1.84. The first-order chi connectivity index (χ1) is 8.34. The monoisotopic (exact) mass is 255 g/mol. The Morgan fingerprint density at radius 2 is 1.83 bits per heavy atom. The Hall–Kier alpha value is -0.160. The van der Waals surface area contributed by atoms with Crippen molar-refractivity contribution >= 4 is 0 Å². The summed E-state index contributed by atoms with van der Waals surface area (Å²) < 4.78 is 0. The molecule has 1 aliphatic carbocycles. The molecule has 1 heterocycles. The average Bonchev–Trinajstić information content (AvgIpc) is 2.72. The first-order valence-electron chi connectivity index (χ1n) is 7.23. The van der Waals surface area contributed by atoms with E-state index >= 15 is 0 Å². The summed E-state index contributed by atoms with van der Waals surface area (Å²) in [5, 5.41) is 9.34. The van der Waals surface area contributed by atoms with E-state index in [0.717, 1.165) is 45.4 Å². The van der Waals surface area contributed by atoms with Crippen LogP contribution in [0.3, 0.4) is 0 Å². The van der Waals surface area contributed by atoms with Crippen LogP contribution in [0.5, 0.6) is 0 Å². The fourth-order valence-corrected chi connectivity index (χ4v) is 3.34. The maximum atomic E-state index is 9.34. The fourth-order valence-electron chi connectivity index (χ4n) is 3.34. The Morgan fingerprint density at radius 3 is 2.28 bits per heavy atom. The van der Waals surface area contributed by atoms with Crippen molar-refractivity contribution in [1.82, 2.24) is 9.80 Å². The predicted octanol–water partition coefficient (Wildman–Crippen LogP) is 0.645. The van der Waals surface area contributed by atoms with Crippen molar-refractivity contribution in [3.8, 4) is 0 Å². The standard InChI is InChI=1S/C14H29N3O/c1-13(2,3)17-8-6-16(7-9-17)12-4-5-14(15,10-12)11-18/h12,18H,4-11,15H2,1-3H3. The number of hydrogen-bond donors (Lipinski definition) is 2. The zero-order valence-electron chi connectivity index (χ0n) is 12.2. The fraction of sp³-hybridized carbons (Fsp3) is 1.00. The van der Waals surface area contributed by atoms with Gasteiger partial charge in [0, 0.05) is 43.3 Å². The summed E-state index contributed by atoms with van der Waals surface area (Å²) >= 11 is 0. The Morgan fingerprint density at radius 1 is 1.22 bits per heavy atom. The van der Waals surface area contributed by atoms with Crippen LogP contribution in [0.1, 0.15) is 40.0 Å². The Bertz CT molecular complexity index is 281. The van der Waals surface area contributed by atoms with Gasteiger partial charge in [-0.15, -0.1) is 0 Å². The first kappa shape index (κ1) is 14.3. The highest BCUT2D eigenvalue weighted by Gasteiger charge is 2.39. The minimum absolute atomic E-state index is 0.130. The molecule has 2 unspecified atom stereocenters. The summed E-state index contributed by atoms with van der Waals surface area (Å²) in [4.78, 5) is 5.13. The largest absolute Gasteiger partial charge is 0.394 e. The molecule has 3 N–H and O–H groups in total. The van der Waals surface area contributed by atoms with E-state index in [9.17, 15) is 5.11 Å². The molecule has 0 aromatic rings. The van der Waals surface area contributed by atoms with Crippen molar-refractivity contribution in [2.75, 3.05) is 32.8 Å². The van der Waals surface area contributed by atoms with Gasteiger partial charge in [0.2, 0.25) is 0 Å². The molecule has 0 aromatic heterocycles. The van der Waals surface area contributed by atoms with Gasteiger partial charge in [0.15, 0.2) is 0 Å². The second-order valence-electron chi connectivity index (χ2n) is 7.11. The number of nitrogens with two attached hydrogens (primary N) is 1. The van der Waals surface area contributed by atoms with Gasteiger partial charge in [0.25, 0.3) is 0 Å². The summed E-state index contributed by atoms with van der Waals surface area (Å²) in [6.45, 7) is 11.6. The van der Waals surface area contributed by atoms with Crippen molar-refractivity contribution in [2.24, 2.45) is 5.73 Å². The van der Waals surface area contributed by atoms with Crippen molar-refractivity contribution in [1.29, 1.82) is 0 Å². The third-order valence-corrected chi connectivity index (χ3v) is 4.71. The van der Waals surface area contributed by atoms with Crippen molar-refractivity contribution in [2.45, 2.75) is 57.2 Å². The predicted molar refractivity (Wildman–Crippen MR) is 74.5 cm³/mol. The SMILES string of the molecule is CC(C)(C)N1CCN(C2CCC(N)(CO)C2)CC1. The molecule has 2 atom stereocenters. The Labute approximate surface area is 111 Å². The summed E-state index contributed by atoms with van der Waals surface area (Å²) in [6.07, 6.45) is 3.07. The quantitative estimate of drug-likeness (QED) is 0.760. The number of nitrogens with zero attached hydrogens (tertiary/aromatic N) is 2. The van der Waals surface area contributed by atoms with Crippen molar-refractivity contribution in [3.63, 3.8) is 0 Å². The molecule has 0 aromatic carbocycles. The second-order valence-corrected chi connectivity index (χ2v) is 7.11. The van der Waals surface area contributed by atoms with Gasteiger partial charge in [-0.1, -0.05) is 0 Å². The second kappa shape index (κ2) is 5.08. The molecule has 1 saturated heterocycles. The van der Waals surface area contributed by atoms with Gasteiger partial charge in [-0.2, -0.15) is 0 Å². The van der Waals surface area contributed by atoms with Crippen LogP contribution in [-0.2, 0) is 0 Å². The lowest BCUT2D eigenvalue weighted by molar-refractivity contribution is 0.0410. The molecule has 106 valence electrons. The van der Waals surface area contributed by atoms with Gasteiger partial charge < -0.3 is 10.8 Å². The lowest BCUT2D eigenvalue weighted by Gasteiger charge is -2.44. The van der Waals surface area contributed by atoms with E-state index in [2.05, 4.69) is 30.6 Å². The third-order valence-electron chi connectivity index (χ3n) is 4.71. The zero-order valence-corrected chi connectivity index (χ0v) is 12.2. The van der Waals surface area contributed by atoms with E-state index in [0.29, 0.717) is 6.04 Å². The van der Waals surface area contributed by atoms with Crippen LogP contribution in [-0.4, -0.2) is 64.8 Å². The smallest absolute Gasteiger partial charge is 0.0611 e. The van der Waals surface area contributed by atoms with Gasteiger partial charge in [0.05, 0.1) is 6.61 Å². The molecule has 1 saturated carbocycles. The van der Waals surface area contributed by atoms with E-state index in [1.807, 2.05) is 0 Å². The molecule has 4 heteroatoms. The van der Waals surface area contributed by atoms with Gasteiger partial charge in [-0.05, 0) is 40.0 Å². The van der Waals surface area contributed by atoms with Gasteiger partial charge in [-0.25, -0.2) is 0 Å². The minimum atomic E-state index is -0.314. The molecule has 1 aliphatic heterocycles. The number of rotatable bonds is 2. The van der Waals surface area contributed by atoms with Gasteiger partial charge in [0.1, 0.15) is 0 Å². The molecule has 2 rings (SSSR count). The summed E-state index contributed by atoms with van der Waals surface area (Å²) in [5.41, 5.74) is 6.13. The molecular formula is C14H29N3O. The van der Waals surface area contributed by atoms with Gasteiger partial charge >= 0.3 is 0 Å². The third kappa shape index (κ3) is 3.05. The van der Waals surface area contributed by atoms with Crippen LogP contribution in [0.2, 0.25) is 0 Å². The molecule has 0 radical (unpaired) electrons. The molecular weight excluding hydrogens is 226 g/mol. The van der Waals surface area contributed by atoms with E-state index < -0.39 is 0 Å². The molecule has 2 aliphatic rings. The van der Waals surface area contributed by atoms with Crippen molar-refractivity contribution in [3.05, 3.63) is 0 Å². The highest BCUT2D eigenvalue weighted by molar-refractivity contribution is 4.98. The zero-order chi connectivity index (χ0) is 13.4. The van der Waals surface area contributed by atoms with Crippen LogP contribution >= 0.6 is 0 Å². The molecule has 2 fully saturated rings. The highest BCUT2D eigenvalue weighted by atomic mass is 16.3. The summed E-state index contributed by atoms with van der Waals surface area (Å²) in [5.74, 6) is 0. The first-order valence-corrected chi connectivity index (χ1v) is 7.23. The lowest BCUT2D eigenvalue weighted by atomic mass is 10.00. The number of piperazine rings is 1. The lowest BCUT2D eigenvalue weighted by Crippen LogP contribution is -2.55. The normalized spacial score (nSPS) is 36.2. The van der Waals surface area contributed by atoms with E-state index in [1.54, 1.807) is 0 Å². The summed E-state index contributed by atoms with van der Waals surface area (Å²) in [6, 6.07) is 0.587. The van der Waals surface area contributed by atoms with Crippen molar-refractivity contribution < 1.29 is 5.11 Å². The van der Waals surface area contributed by atoms with Crippen LogP contribution in [0.4, 0.5) is 0 Å². The van der Waals surface area contributed by atoms with E-state index in [4.69, 9.17) is 5.73 Å². The average molecular weight is 255 g/mol. The minimum Gasteiger partial charge on any atom is -0.394 e. The van der Waals surface area contributed by atoms with E-state index in [-0.39, 0.29) is 17.7 Å². The maximum absolute atomic E-state index is 9.34. The van der Waals surface area contributed by atoms with Crippen LogP contribution < -0.4 is 5.73 Å². The van der Waals surface area contributed by atoms with Crippen LogP contribution in [0, 0.1) is 0 Å². The number of aliphatic hydroxyl groups excluding tert-OH is 1. The number of hydrogen-bond acceptors (Lipinski definition) is 4. The number of aliphatic hydroxyl groups is 1. The van der Waals surface area contributed by atoms with E-state index in [1.165, 1.54) is 0 Å².